The number of nitrogens with two attached hydrogens (primary N) is 1. The van der Waals surface area contributed by atoms with Gasteiger partial charge in [0.2, 0.25) is 0 Å². The number of nitrogens with zero attached hydrogens (tertiary/aromatic N) is 1. The molecule has 2 atom stereocenters. The van der Waals surface area contributed by atoms with Gasteiger partial charge in [0.1, 0.15) is 5.75 Å². The second-order valence-electron chi connectivity index (χ2n) is 6.61. The molecule has 3 nitrogen and oxygen atoms in total. The van der Waals surface area contributed by atoms with Crippen molar-refractivity contribution in [2.45, 2.75) is 57.4 Å². The van der Waals surface area contributed by atoms with E-state index < -0.39 is 0 Å². The standard InChI is InChI=1S/C17H26N2O/c1-2-8-20-16-9-15(11-19-12-16)17(18)7-3-4-14(10-17)13-5-6-13/h9,11-14H,2-8,10,18H2,1H3. The first-order chi connectivity index (χ1) is 9.71. The summed E-state index contributed by atoms with van der Waals surface area (Å²) < 4.78 is 5.70. The van der Waals surface area contributed by atoms with Gasteiger partial charge in [0, 0.05) is 11.7 Å². The highest BCUT2D eigenvalue weighted by Crippen LogP contribution is 2.48. The molecule has 0 bridgehead atoms. The van der Waals surface area contributed by atoms with Gasteiger partial charge in [-0.1, -0.05) is 19.8 Å². The van der Waals surface area contributed by atoms with E-state index >= 15 is 0 Å². The molecule has 2 unspecified atom stereocenters. The summed E-state index contributed by atoms with van der Waals surface area (Å²) in [4.78, 5) is 4.34. The summed E-state index contributed by atoms with van der Waals surface area (Å²) in [5, 5.41) is 0. The van der Waals surface area contributed by atoms with E-state index in [2.05, 4.69) is 18.0 Å². The summed E-state index contributed by atoms with van der Waals surface area (Å²) in [5.74, 6) is 2.64. The third kappa shape index (κ3) is 2.98. The first-order valence-electron chi connectivity index (χ1n) is 8.08. The number of hydrogen-bond acceptors (Lipinski definition) is 3. The topological polar surface area (TPSA) is 48.1 Å². The molecule has 0 amide bonds. The zero-order chi connectivity index (χ0) is 14.0. The first kappa shape index (κ1) is 13.9. The predicted molar refractivity (Wildman–Crippen MR) is 80.6 cm³/mol. The Bertz CT molecular complexity index is 458. The second kappa shape index (κ2) is 5.72. The van der Waals surface area contributed by atoms with Crippen LogP contribution in [-0.2, 0) is 5.54 Å². The molecule has 3 rings (SSSR count). The maximum absolute atomic E-state index is 6.74. The van der Waals surface area contributed by atoms with Crippen LogP contribution in [0.3, 0.4) is 0 Å². The molecule has 1 aromatic heterocycles. The van der Waals surface area contributed by atoms with E-state index in [0.717, 1.165) is 49.0 Å². The Morgan fingerprint density at radius 2 is 2.15 bits per heavy atom. The summed E-state index contributed by atoms with van der Waals surface area (Å²) in [5.41, 5.74) is 7.71. The first-order valence-corrected chi connectivity index (χ1v) is 8.08. The van der Waals surface area contributed by atoms with Crippen molar-refractivity contribution < 1.29 is 4.74 Å². The minimum absolute atomic E-state index is 0.190. The predicted octanol–water partition coefficient (Wildman–Crippen LogP) is 3.62. The number of aromatic nitrogens is 1. The summed E-state index contributed by atoms with van der Waals surface area (Å²) in [7, 11) is 0. The summed E-state index contributed by atoms with van der Waals surface area (Å²) in [6.45, 7) is 2.86. The number of rotatable bonds is 5. The van der Waals surface area contributed by atoms with Crippen molar-refractivity contribution in [3.05, 3.63) is 24.0 Å². The summed E-state index contributed by atoms with van der Waals surface area (Å²) in [6.07, 6.45) is 12.4. The minimum atomic E-state index is -0.190. The highest BCUT2D eigenvalue weighted by molar-refractivity contribution is 5.30. The SMILES string of the molecule is CCCOc1cncc(C2(N)CCCC(C3CC3)C2)c1. The molecular formula is C17H26N2O. The zero-order valence-electron chi connectivity index (χ0n) is 12.5. The van der Waals surface area contributed by atoms with Crippen LogP contribution in [0.2, 0.25) is 0 Å². The fourth-order valence-electron chi connectivity index (χ4n) is 3.57. The molecule has 1 aromatic rings. The van der Waals surface area contributed by atoms with Gasteiger partial charge in [-0.2, -0.15) is 0 Å². The average Bonchev–Trinajstić information content (AvgIpc) is 3.30. The fraction of sp³-hybridized carbons (Fsp3) is 0.706. The van der Waals surface area contributed by atoms with Crippen molar-refractivity contribution in [3.63, 3.8) is 0 Å². The Kier molecular flexibility index (Phi) is 3.97. The lowest BCUT2D eigenvalue weighted by Gasteiger charge is -2.38. The van der Waals surface area contributed by atoms with Crippen LogP contribution in [0.4, 0.5) is 0 Å². The number of pyridine rings is 1. The van der Waals surface area contributed by atoms with E-state index in [1.54, 1.807) is 6.20 Å². The van der Waals surface area contributed by atoms with Gasteiger partial charge in [-0.05, 0) is 55.6 Å². The van der Waals surface area contributed by atoms with Crippen molar-refractivity contribution in [2.75, 3.05) is 6.61 Å². The number of ether oxygens (including phenoxy) is 1. The molecule has 2 fully saturated rings. The molecule has 0 saturated heterocycles. The molecule has 0 radical (unpaired) electrons. The largest absolute Gasteiger partial charge is 0.492 e. The fourth-order valence-corrected chi connectivity index (χ4v) is 3.57. The Balaban J connectivity index is 1.75. The summed E-state index contributed by atoms with van der Waals surface area (Å²) >= 11 is 0. The van der Waals surface area contributed by atoms with Crippen LogP contribution < -0.4 is 10.5 Å². The lowest BCUT2D eigenvalue weighted by atomic mass is 9.71. The smallest absolute Gasteiger partial charge is 0.137 e. The molecule has 2 saturated carbocycles. The van der Waals surface area contributed by atoms with Crippen LogP contribution in [0.15, 0.2) is 18.5 Å². The average molecular weight is 274 g/mol. The molecule has 0 aromatic carbocycles. The Labute approximate surface area is 121 Å². The second-order valence-corrected chi connectivity index (χ2v) is 6.61. The summed E-state index contributed by atoms with van der Waals surface area (Å²) in [6, 6.07) is 2.11. The van der Waals surface area contributed by atoms with Gasteiger partial charge in [0.05, 0.1) is 12.8 Å². The Morgan fingerprint density at radius 3 is 2.90 bits per heavy atom. The van der Waals surface area contributed by atoms with E-state index in [0.29, 0.717) is 0 Å². The molecule has 2 aliphatic rings. The molecule has 0 aliphatic heterocycles. The molecular weight excluding hydrogens is 248 g/mol. The Morgan fingerprint density at radius 1 is 1.30 bits per heavy atom. The van der Waals surface area contributed by atoms with E-state index in [9.17, 15) is 0 Å². The van der Waals surface area contributed by atoms with Crippen LogP contribution in [0.25, 0.3) is 0 Å². The molecule has 20 heavy (non-hydrogen) atoms. The molecule has 2 aliphatic carbocycles. The van der Waals surface area contributed by atoms with Gasteiger partial charge in [-0.25, -0.2) is 0 Å². The molecule has 2 N–H and O–H groups in total. The van der Waals surface area contributed by atoms with Crippen LogP contribution in [0.1, 0.15) is 57.4 Å². The van der Waals surface area contributed by atoms with E-state index in [-0.39, 0.29) is 5.54 Å². The van der Waals surface area contributed by atoms with Crippen LogP contribution in [-0.4, -0.2) is 11.6 Å². The van der Waals surface area contributed by atoms with Crippen LogP contribution in [0.5, 0.6) is 5.75 Å². The van der Waals surface area contributed by atoms with Crippen molar-refractivity contribution in [2.24, 2.45) is 17.6 Å². The lowest BCUT2D eigenvalue weighted by Crippen LogP contribution is -2.42. The van der Waals surface area contributed by atoms with Gasteiger partial charge in [-0.3, -0.25) is 4.98 Å². The van der Waals surface area contributed by atoms with Crippen molar-refractivity contribution >= 4 is 0 Å². The quantitative estimate of drug-likeness (QED) is 0.892. The van der Waals surface area contributed by atoms with Gasteiger partial charge < -0.3 is 10.5 Å². The van der Waals surface area contributed by atoms with Gasteiger partial charge in [0.25, 0.3) is 0 Å². The van der Waals surface area contributed by atoms with Crippen molar-refractivity contribution in [1.29, 1.82) is 0 Å². The minimum Gasteiger partial charge on any atom is -0.492 e. The third-order valence-corrected chi connectivity index (χ3v) is 4.87. The van der Waals surface area contributed by atoms with Gasteiger partial charge in [0.15, 0.2) is 0 Å². The highest BCUT2D eigenvalue weighted by Gasteiger charge is 2.41. The Hall–Kier alpha value is -1.09. The monoisotopic (exact) mass is 274 g/mol. The van der Waals surface area contributed by atoms with Crippen LogP contribution >= 0.6 is 0 Å². The van der Waals surface area contributed by atoms with Crippen molar-refractivity contribution in [1.82, 2.24) is 4.98 Å². The molecule has 110 valence electrons. The van der Waals surface area contributed by atoms with Crippen LogP contribution in [0, 0.1) is 11.8 Å². The maximum Gasteiger partial charge on any atom is 0.137 e. The van der Waals surface area contributed by atoms with Gasteiger partial charge in [-0.15, -0.1) is 0 Å². The molecule has 0 spiro atoms. The van der Waals surface area contributed by atoms with Crippen molar-refractivity contribution in [3.8, 4) is 5.75 Å². The van der Waals surface area contributed by atoms with Gasteiger partial charge >= 0.3 is 0 Å². The molecule has 3 heteroatoms. The highest BCUT2D eigenvalue weighted by atomic mass is 16.5. The molecule has 1 heterocycles. The normalized spacial score (nSPS) is 30.2. The van der Waals surface area contributed by atoms with E-state index in [1.807, 2.05) is 6.20 Å². The lowest BCUT2D eigenvalue weighted by molar-refractivity contribution is 0.205. The van der Waals surface area contributed by atoms with E-state index in [1.165, 1.54) is 25.7 Å². The number of hydrogen-bond donors (Lipinski definition) is 1. The third-order valence-electron chi connectivity index (χ3n) is 4.87. The maximum atomic E-state index is 6.74. The zero-order valence-corrected chi connectivity index (χ0v) is 12.5. The van der Waals surface area contributed by atoms with E-state index in [4.69, 9.17) is 10.5 Å².